The van der Waals surface area contributed by atoms with Crippen LogP contribution in [0.15, 0.2) is 0 Å². The molecule has 0 radical (unpaired) electrons. The van der Waals surface area contributed by atoms with Gasteiger partial charge in [0, 0.05) is 24.3 Å². The summed E-state index contributed by atoms with van der Waals surface area (Å²) >= 11 is 3.35. The maximum absolute atomic E-state index is 11.3. The van der Waals surface area contributed by atoms with Crippen LogP contribution in [0, 0.1) is 11.8 Å². The van der Waals surface area contributed by atoms with Crippen LogP contribution in [0.4, 0.5) is 0 Å². The predicted molar refractivity (Wildman–Crippen MR) is 51.3 cm³/mol. The van der Waals surface area contributed by atoms with Crippen LogP contribution in [0.1, 0.15) is 25.7 Å². The number of aliphatic hydroxyl groups is 1. The average molecular weight is 235 g/mol. The van der Waals surface area contributed by atoms with Crippen molar-refractivity contribution < 1.29 is 9.90 Å². The topological polar surface area (TPSA) is 37.3 Å². The summed E-state index contributed by atoms with van der Waals surface area (Å²) in [5.74, 6) is 1.06. The van der Waals surface area contributed by atoms with Crippen molar-refractivity contribution in [2.75, 3.05) is 11.9 Å². The SMILES string of the molecule is O=C1CCC(CCO)C1CCBr. The lowest BCUT2D eigenvalue weighted by molar-refractivity contribution is -0.121. The van der Waals surface area contributed by atoms with E-state index in [4.69, 9.17) is 5.11 Å². The van der Waals surface area contributed by atoms with Crippen molar-refractivity contribution in [2.24, 2.45) is 11.8 Å². The Morgan fingerprint density at radius 3 is 2.83 bits per heavy atom. The third-order valence-corrected chi connectivity index (χ3v) is 3.12. The van der Waals surface area contributed by atoms with E-state index >= 15 is 0 Å². The van der Waals surface area contributed by atoms with Crippen LogP contribution in [0.5, 0.6) is 0 Å². The maximum Gasteiger partial charge on any atom is 0.136 e. The fraction of sp³-hybridized carbons (Fsp3) is 0.889. The number of rotatable bonds is 4. The zero-order chi connectivity index (χ0) is 8.97. The van der Waals surface area contributed by atoms with Gasteiger partial charge in [-0.15, -0.1) is 0 Å². The molecule has 1 rings (SSSR count). The first-order chi connectivity index (χ1) is 5.79. The van der Waals surface area contributed by atoms with Gasteiger partial charge in [-0.25, -0.2) is 0 Å². The van der Waals surface area contributed by atoms with Gasteiger partial charge >= 0.3 is 0 Å². The molecule has 0 bridgehead atoms. The molecule has 0 aromatic carbocycles. The Balaban J connectivity index is 2.45. The van der Waals surface area contributed by atoms with E-state index in [1.54, 1.807) is 0 Å². The van der Waals surface area contributed by atoms with Gasteiger partial charge in [0.25, 0.3) is 0 Å². The van der Waals surface area contributed by atoms with Crippen molar-refractivity contribution in [1.82, 2.24) is 0 Å². The van der Waals surface area contributed by atoms with Crippen LogP contribution >= 0.6 is 15.9 Å². The zero-order valence-corrected chi connectivity index (χ0v) is 8.72. The Labute approximate surface area is 81.5 Å². The fourth-order valence-electron chi connectivity index (χ4n) is 2.00. The monoisotopic (exact) mass is 234 g/mol. The Morgan fingerprint density at radius 1 is 1.50 bits per heavy atom. The molecule has 3 heteroatoms. The zero-order valence-electron chi connectivity index (χ0n) is 7.13. The van der Waals surface area contributed by atoms with Crippen molar-refractivity contribution in [3.8, 4) is 0 Å². The molecule has 1 fully saturated rings. The molecule has 1 aliphatic carbocycles. The molecule has 0 heterocycles. The van der Waals surface area contributed by atoms with Crippen molar-refractivity contribution >= 4 is 21.7 Å². The van der Waals surface area contributed by atoms with Gasteiger partial charge < -0.3 is 5.11 Å². The van der Waals surface area contributed by atoms with E-state index in [9.17, 15) is 4.79 Å². The first-order valence-electron chi connectivity index (χ1n) is 4.49. The van der Waals surface area contributed by atoms with Gasteiger partial charge in [-0.05, 0) is 25.2 Å². The second-order valence-corrected chi connectivity index (χ2v) is 4.15. The Kier molecular flexibility index (Phi) is 4.22. The molecular weight excluding hydrogens is 220 g/mol. The molecule has 70 valence electrons. The summed E-state index contributed by atoms with van der Waals surface area (Å²) < 4.78 is 0. The highest BCUT2D eigenvalue weighted by molar-refractivity contribution is 9.09. The summed E-state index contributed by atoms with van der Waals surface area (Å²) in [5, 5.41) is 9.67. The number of Topliss-reactive ketones (excluding diaryl/α,β-unsaturated/α-hetero) is 1. The number of hydrogen-bond donors (Lipinski definition) is 1. The summed E-state index contributed by atoms with van der Waals surface area (Å²) in [6.07, 6.45) is 3.44. The van der Waals surface area contributed by atoms with Crippen LogP contribution < -0.4 is 0 Å². The van der Waals surface area contributed by atoms with E-state index in [2.05, 4.69) is 15.9 Å². The van der Waals surface area contributed by atoms with E-state index in [-0.39, 0.29) is 12.5 Å². The van der Waals surface area contributed by atoms with Crippen LogP contribution in [-0.2, 0) is 4.79 Å². The van der Waals surface area contributed by atoms with E-state index in [1.165, 1.54) is 0 Å². The summed E-state index contributed by atoms with van der Waals surface area (Å²) in [6.45, 7) is 0.219. The Bertz CT molecular complexity index is 159. The van der Waals surface area contributed by atoms with Crippen LogP contribution in [0.3, 0.4) is 0 Å². The normalized spacial score (nSPS) is 29.7. The molecule has 1 aliphatic rings. The van der Waals surface area contributed by atoms with Crippen LogP contribution in [0.25, 0.3) is 0 Å². The lowest BCUT2D eigenvalue weighted by atomic mass is 9.91. The van der Waals surface area contributed by atoms with Gasteiger partial charge in [0.15, 0.2) is 0 Å². The molecule has 2 unspecified atom stereocenters. The molecule has 1 saturated carbocycles. The largest absolute Gasteiger partial charge is 0.396 e. The fourth-order valence-corrected chi connectivity index (χ4v) is 2.50. The number of ketones is 1. The molecule has 2 nitrogen and oxygen atoms in total. The van der Waals surface area contributed by atoms with Gasteiger partial charge in [-0.3, -0.25) is 4.79 Å². The molecule has 0 spiro atoms. The minimum absolute atomic E-state index is 0.219. The Morgan fingerprint density at radius 2 is 2.25 bits per heavy atom. The summed E-state index contributed by atoms with van der Waals surface area (Å²) in [6, 6.07) is 0. The molecule has 0 saturated heterocycles. The predicted octanol–water partition coefficient (Wildman–Crippen LogP) is 1.75. The molecule has 0 aromatic heterocycles. The Hall–Kier alpha value is 0.110. The molecule has 1 N–H and O–H groups in total. The molecule has 0 aromatic rings. The van der Waals surface area contributed by atoms with E-state index in [0.29, 0.717) is 11.7 Å². The van der Waals surface area contributed by atoms with Crippen molar-refractivity contribution in [1.29, 1.82) is 0 Å². The lowest BCUT2D eigenvalue weighted by Crippen LogP contribution is -2.16. The molecule has 0 aliphatic heterocycles. The molecule has 0 amide bonds. The first-order valence-corrected chi connectivity index (χ1v) is 5.61. The summed E-state index contributed by atoms with van der Waals surface area (Å²) in [5.41, 5.74) is 0. The quantitative estimate of drug-likeness (QED) is 0.753. The van der Waals surface area contributed by atoms with Gasteiger partial charge in [0.05, 0.1) is 0 Å². The molecule has 12 heavy (non-hydrogen) atoms. The molecular formula is C9H15BrO2. The number of alkyl halides is 1. The smallest absolute Gasteiger partial charge is 0.136 e. The van der Waals surface area contributed by atoms with E-state index in [0.717, 1.165) is 31.0 Å². The first kappa shape index (κ1) is 10.2. The third kappa shape index (κ3) is 2.30. The average Bonchev–Trinajstić information content (AvgIpc) is 2.37. The van der Waals surface area contributed by atoms with Crippen LogP contribution in [0.2, 0.25) is 0 Å². The van der Waals surface area contributed by atoms with Gasteiger partial charge in [-0.2, -0.15) is 0 Å². The summed E-state index contributed by atoms with van der Waals surface area (Å²) in [4.78, 5) is 11.3. The second-order valence-electron chi connectivity index (χ2n) is 3.36. The highest BCUT2D eigenvalue weighted by atomic mass is 79.9. The van der Waals surface area contributed by atoms with Crippen LogP contribution in [-0.4, -0.2) is 22.8 Å². The minimum Gasteiger partial charge on any atom is -0.396 e. The standard InChI is InChI=1S/C9H15BrO2/c10-5-3-8-7(4-6-11)1-2-9(8)12/h7-8,11H,1-6H2. The van der Waals surface area contributed by atoms with Gasteiger partial charge in [0.2, 0.25) is 0 Å². The minimum atomic E-state index is 0.219. The maximum atomic E-state index is 11.3. The second kappa shape index (κ2) is 4.97. The highest BCUT2D eigenvalue weighted by Gasteiger charge is 2.32. The summed E-state index contributed by atoms with van der Waals surface area (Å²) in [7, 11) is 0. The lowest BCUT2D eigenvalue weighted by Gasteiger charge is -2.15. The number of halogens is 1. The van der Waals surface area contributed by atoms with Crippen molar-refractivity contribution in [2.45, 2.75) is 25.7 Å². The highest BCUT2D eigenvalue weighted by Crippen LogP contribution is 2.33. The number of hydrogen-bond acceptors (Lipinski definition) is 2. The van der Waals surface area contributed by atoms with Crippen molar-refractivity contribution in [3.05, 3.63) is 0 Å². The number of carbonyl (C=O) groups excluding carboxylic acids is 1. The number of carbonyl (C=O) groups is 1. The van der Waals surface area contributed by atoms with E-state index < -0.39 is 0 Å². The number of aliphatic hydroxyl groups excluding tert-OH is 1. The third-order valence-electron chi connectivity index (χ3n) is 2.66. The van der Waals surface area contributed by atoms with Gasteiger partial charge in [-0.1, -0.05) is 15.9 Å². The van der Waals surface area contributed by atoms with Crippen molar-refractivity contribution in [3.63, 3.8) is 0 Å². The van der Waals surface area contributed by atoms with Gasteiger partial charge in [0.1, 0.15) is 5.78 Å². The molecule has 2 atom stereocenters. The van der Waals surface area contributed by atoms with E-state index in [1.807, 2.05) is 0 Å².